The van der Waals surface area contributed by atoms with E-state index in [1.165, 1.54) is 0 Å². The van der Waals surface area contributed by atoms with Gasteiger partial charge in [-0.1, -0.05) is 31.0 Å². The van der Waals surface area contributed by atoms with Gasteiger partial charge in [0.1, 0.15) is 11.5 Å². The fourth-order valence-corrected chi connectivity index (χ4v) is 4.73. The molecule has 2 amide bonds. The van der Waals surface area contributed by atoms with Crippen molar-refractivity contribution in [2.45, 2.75) is 44.4 Å². The van der Waals surface area contributed by atoms with Crippen LogP contribution in [0.3, 0.4) is 0 Å². The van der Waals surface area contributed by atoms with Crippen molar-refractivity contribution in [2.75, 3.05) is 6.54 Å². The first kappa shape index (κ1) is 25.1. The van der Waals surface area contributed by atoms with Crippen molar-refractivity contribution in [3.63, 3.8) is 0 Å². The number of hydrogen-bond acceptors (Lipinski definition) is 5. The van der Waals surface area contributed by atoms with Gasteiger partial charge >= 0.3 is 0 Å². The lowest BCUT2D eigenvalue weighted by atomic mass is 9.99. The van der Waals surface area contributed by atoms with Gasteiger partial charge in [-0.2, -0.15) is 0 Å². The van der Waals surface area contributed by atoms with Gasteiger partial charge in [-0.15, -0.1) is 0 Å². The van der Waals surface area contributed by atoms with Crippen molar-refractivity contribution in [1.29, 1.82) is 0 Å². The van der Waals surface area contributed by atoms with E-state index in [1.807, 2.05) is 47.3 Å². The molecule has 1 aromatic carbocycles. The maximum atomic E-state index is 12.9. The molecule has 0 aliphatic heterocycles. The van der Waals surface area contributed by atoms with Crippen LogP contribution in [0.4, 0.5) is 0 Å². The van der Waals surface area contributed by atoms with Gasteiger partial charge in [0, 0.05) is 54.6 Å². The van der Waals surface area contributed by atoms with Crippen LogP contribution in [0.25, 0.3) is 27.7 Å². The van der Waals surface area contributed by atoms with Crippen LogP contribution in [0, 0.1) is 0 Å². The number of imidazole rings is 2. The predicted molar refractivity (Wildman–Crippen MR) is 146 cm³/mol. The van der Waals surface area contributed by atoms with Crippen LogP contribution in [0.1, 0.15) is 49.5 Å². The molecular weight excluding hydrogens is 478 g/mol. The van der Waals surface area contributed by atoms with Crippen LogP contribution < -0.4 is 11.1 Å². The molecule has 4 N–H and O–H groups in total. The maximum Gasteiger partial charge on any atom is 0.226 e. The van der Waals surface area contributed by atoms with Crippen molar-refractivity contribution < 1.29 is 9.59 Å². The summed E-state index contributed by atoms with van der Waals surface area (Å²) in [7, 11) is 0. The number of primary amides is 1. The van der Waals surface area contributed by atoms with Crippen LogP contribution in [-0.4, -0.2) is 42.7 Å². The number of carbonyl (C=O) groups is 2. The second-order valence-corrected chi connectivity index (χ2v) is 9.54. The number of nitrogens with one attached hydrogen (secondary N) is 2. The first-order chi connectivity index (χ1) is 18.6. The van der Waals surface area contributed by atoms with Crippen molar-refractivity contribution >= 4 is 28.2 Å². The van der Waals surface area contributed by atoms with E-state index in [-0.39, 0.29) is 24.2 Å². The third-order valence-electron chi connectivity index (χ3n) is 6.79. The number of fused-ring (bicyclic) bond motifs is 2. The second-order valence-electron chi connectivity index (χ2n) is 9.54. The number of H-pyrrole nitrogens is 1. The molecule has 0 saturated carbocycles. The fourth-order valence-electron chi connectivity index (χ4n) is 4.73. The highest BCUT2D eigenvalue weighted by atomic mass is 16.1. The van der Waals surface area contributed by atoms with Gasteiger partial charge in [0.15, 0.2) is 0 Å². The Hall–Kier alpha value is -4.53. The predicted octanol–water partition coefficient (Wildman–Crippen LogP) is 4.15. The fraction of sp³-hybridized carbons (Fsp3) is 0.276. The van der Waals surface area contributed by atoms with E-state index < -0.39 is 0 Å². The maximum absolute atomic E-state index is 12.9. The number of amides is 2. The molecule has 9 nitrogen and oxygen atoms in total. The highest BCUT2D eigenvalue weighted by Gasteiger charge is 2.18. The smallest absolute Gasteiger partial charge is 0.226 e. The molecule has 0 bridgehead atoms. The summed E-state index contributed by atoms with van der Waals surface area (Å²) in [5, 5.41) is 5.29. The normalized spacial score (nSPS) is 12.1. The lowest BCUT2D eigenvalue weighted by Crippen LogP contribution is -2.30. The Balaban J connectivity index is 1.27. The van der Waals surface area contributed by atoms with Gasteiger partial charge < -0.3 is 20.4 Å². The topological polar surface area (TPSA) is 131 Å². The average molecular weight is 510 g/mol. The number of aromatic nitrogens is 5. The third kappa shape index (κ3) is 6.05. The Kier molecular flexibility index (Phi) is 7.73. The second kappa shape index (κ2) is 11.7. The summed E-state index contributed by atoms with van der Waals surface area (Å²) in [6.07, 6.45) is 13.1. The van der Waals surface area contributed by atoms with E-state index in [0.29, 0.717) is 13.0 Å². The number of unbranched alkanes of at least 4 members (excludes halogenated alkanes) is 2. The molecule has 5 rings (SSSR count). The van der Waals surface area contributed by atoms with Crippen LogP contribution in [0.15, 0.2) is 73.4 Å². The van der Waals surface area contributed by atoms with E-state index >= 15 is 0 Å². The number of pyridine rings is 2. The molecule has 0 fully saturated rings. The van der Waals surface area contributed by atoms with Gasteiger partial charge in [0.05, 0.1) is 24.0 Å². The molecule has 38 heavy (non-hydrogen) atoms. The van der Waals surface area contributed by atoms with Crippen LogP contribution in [0.5, 0.6) is 0 Å². The zero-order valence-electron chi connectivity index (χ0n) is 21.1. The number of aromatic amines is 1. The van der Waals surface area contributed by atoms with Crippen molar-refractivity contribution in [3.05, 3.63) is 85.0 Å². The number of carbonyl (C=O) groups excluding carboxylic acids is 2. The SMILES string of the molecule is NC(=O)CCCCCC(CNC(=O)Cc1cnc2ccccn12)c1ncc(-c2ccc3ccncc3c2)[nH]1. The summed E-state index contributed by atoms with van der Waals surface area (Å²) in [5.41, 5.74) is 8.88. The van der Waals surface area contributed by atoms with Gasteiger partial charge in [0.2, 0.25) is 11.8 Å². The highest BCUT2D eigenvalue weighted by molar-refractivity contribution is 5.86. The minimum atomic E-state index is -0.275. The van der Waals surface area contributed by atoms with Crippen LogP contribution in [0.2, 0.25) is 0 Å². The van der Waals surface area contributed by atoms with Gasteiger partial charge in [0.25, 0.3) is 0 Å². The highest BCUT2D eigenvalue weighted by Crippen LogP contribution is 2.26. The number of rotatable bonds is 12. The molecule has 0 spiro atoms. The molecule has 4 aromatic heterocycles. The van der Waals surface area contributed by atoms with E-state index in [4.69, 9.17) is 5.73 Å². The summed E-state index contributed by atoms with van der Waals surface area (Å²) in [5.74, 6) is 0.493. The summed E-state index contributed by atoms with van der Waals surface area (Å²) in [4.78, 5) is 40.7. The largest absolute Gasteiger partial charge is 0.370 e. The van der Waals surface area contributed by atoms with E-state index in [1.54, 1.807) is 12.4 Å². The van der Waals surface area contributed by atoms with Crippen molar-refractivity contribution in [1.82, 2.24) is 29.7 Å². The zero-order valence-corrected chi connectivity index (χ0v) is 21.1. The zero-order chi connectivity index (χ0) is 26.3. The summed E-state index contributed by atoms with van der Waals surface area (Å²) in [6.45, 7) is 0.458. The minimum Gasteiger partial charge on any atom is -0.370 e. The molecule has 1 unspecified atom stereocenters. The number of nitrogens with two attached hydrogens (primary N) is 1. The molecular formula is C29H31N7O2. The van der Waals surface area contributed by atoms with Crippen LogP contribution in [-0.2, 0) is 16.0 Å². The van der Waals surface area contributed by atoms with Gasteiger partial charge in [-0.3, -0.25) is 14.6 Å². The number of hydrogen-bond donors (Lipinski definition) is 3. The molecule has 0 aliphatic carbocycles. The molecule has 4 heterocycles. The van der Waals surface area contributed by atoms with Crippen molar-refractivity contribution in [3.8, 4) is 11.3 Å². The lowest BCUT2D eigenvalue weighted by molar-refractivity contribution is -0.120. The molecule has 5 aromatic rings. The first-order valence-electron chi connectivity index (χ1n) is 12.9. The van der Waals surface area contributed by atoms with E-state index in [9.17, 15) is 9.59 Å². The molecule has 0 saturated heterocycles. The Morgan fingerprint density at radius 2 is 1.92 bits per heavy atom. The lowest BCUT2D eigenvalue weighted by Gasteiger charge is -2.16. The Bertz CT molecular complexity index is 1550. The Morgan fingerprint density at radius 3 is 2.82 bits per heavy atom. The molecule has 0 aliphatic rings. The van der Waals surface area contributed by atoms with E-state index in [0.717, 1.165) is 64.9 Å². The molecule has 1 atom stereocenters. The molecule has 194 valence electrons. The van der Waals surface area contributed by atoms with Crippen molar-refractivity contribution in [2.24, 2.45) is 5.73 Å². The van der Waals surface area contributed by atoms with Gasteiger partial charge in [-0.05, 0) is 42.5 Å². The molecule has 9 heteroatoms. The van der Waals surface area contributed by atoms with Gasteiger partial charge in [-0.25, -0.2) is 9.97 Å². The first-order valence-corrected chi connectivity index (χ1v) is 12.9. The standard InChI is InChI=1S/C29H31N7O2/c30-26(37)7-3-1-2-6-22(17-33-28(38)15-24-18-32-27-8-4-5-13-36(24)27)29-34-19-25(35-29)21-10-9-20-11-12-31-16-23(20)14-21/h4-5,8-14,16,18-19,22H,1-3,6-7,15,17H2,(H2,30,37)(H,33,38)(H,34,35). The minimum absolute atomic E-state index is 0.00517. The Morgan fingerprint density at radius 1 is 1.00 bits per heavy atom. The van der Waals surface area contributed by atoms with E-state index in [2.05, 4.69) is 43.5 Å². The quantitative estimate of drug-likeness (QED) is 0.218. The third-order valence-corrected chi connectivity index (χ3v) is 6.79. The molecule has 0 radical (unpaired) electrons. The van der Waals surface area contributed by atoms with Crippen LogP contribution >= 0.6 is 0 Å². The summed E-state index contributed by atoms with van der Waals surface area (Å²) in [6, 6.07) is 14.0. The number of nitrogens with zero attached hydrogens (tertiary/aromatic N) is 4. The number of benzene rings is 1. The average Bonchev–Trinajstić information content (AvgIpc) is 3.58. The summed E-state index contributed by atoms with van der Waals surface area (Å²) < 4.78 is 1.92. The Labute approximate surface area is 220 Å². The summed E-state index contributed by atoms with van der Waals surface area (Å²) >= 11 is 0. The monoisotopic (exact) mass is 509 g/mol.